The van der Waals surface area contributed by atoms with Gasteiger partial charge >= 0.3 is 0 Å². The summed E-state index contributed by atoms with van der Waals surface area (Å²) < 4.78 is 5.81. The van der Waals surface area contributed by atoms with Gasteiger partial charge in [-0.2, -0.15) is 0 Å². The van der Waals surface area contributed by atoms with Gasteiger partial charge in [-0.05, 0) is 31.9 Å². The monoisotopic (exact) mass is 269 g/mol. The van der Waals surface area contributed by atoms with Crippen molar-refractivity contribution in [3.8, 4) is 5.75 Å². The van der Waals surface area contributed by atoms with E-state index < -0.39 is 0 Å². The first-order chi connectivity index (χ1) is 9.61. The fourth-order valence-corrected chi connectivity index (χ4v) is 2.45. The third kappa shape index (κ3) is 3.40. The Labute approximate surface area is 121 Å². The van der Waals surface area contributed by atoms with Gasteiger partial charge in [-0.25, -0.2) is 0 Å². The molecule has 20 heavy (non-hydrogen) atoms. The summed E-state index contributed by atoms with van der Waals surface area (Å²) in [5.74, 6) is 0.890. The lowest BCUT2D eigenvalue weighted by Gasteiger charge is -2.18. The molecular weight excluding hydrogens is 246 g/mol. The lowest BCUT2D eigenvalue weighted by Crippen LogP contribution is -2.14. The molecule has 2 rings (SSSR count). The third-order valence-electron chi connectivity index (χ3n) is 3.32. The Morgan fingerprint density at radius 3 is 2.35 bits per heavy atom. The van der Waals surface area contributed by atoms with Crippen molar-refractivity contribution in [1.29, 1.82) is 0 Å². The molecule has 0 aromatic heterocycles. The van der Waals surface area contributed by atoms with Crippen LogP contribution in [0.2, 0.25) is 0 Å². The minimum absolute atomic E-state index is 0.151. The maximum Gasteiger partial charge on any atom is 0.124 e. The SMILES string of the molecule is CCCOc1ccccc1C(N)c1cc(C)cc(C)c1. The predicted molar refractivity (Wildman–Crippen MR) is 84.2 cm³/mol. The number of nitrogens with two attached hydrogens (primary N) is 1. The molecular formula is C18H23NO. The van der Waals surface area contributed by atoms with Crippen LogP contribution in [0.4, 0.5) is 0 Å². The zero-order valence-electron chi connectivity index (χ0n) is 12.5. The van der Waals surface area contributed by atoms with E-state index in [4.69, 9.17) is 10.5 Å². The summed E-state index contributed by atoms with van der Waals surface area (Å²) in [5.41, 5.74) is 11.1. The van der Waals surface area contributed by atoms with Crippen molar-refractivity contribution in [3.63, 3.8) is 0 Å². The zero-order valence-corrected chi connectivity index (χ0v) is 12.5. The van der Waals surface area contributed by atoms with E-state index in [1.165, 1.54) is 11.1 Å². The maximum absolute atomic E-state index is 6.45. The molecule has 0 aliphatic heterocycles. The first-order valence-corrected chi connectivity index (χ1v) is 7.17. The Hall–Kier alpha value is -1.80. The highest BCUT2D eigenvalue weighted by Crippen LogP contribution is 2.29. The van der Waals surface area contributed by atoms with Crippen molar-refractivity contribution in [2.24, 2.45) is 5.73 Å². The average molecular weight is 269 g/mol. The minimum Gasteiger partial charge on any atom is -0.493 e. The van der Waals surface area contributed by atoms with E-state index in [1.807, 2.05) is 24.3 Å². The molecule has 1 unspecified atom stereocenters. The smallest absolute Gasteiger partial charge is 0.124 e. The van der Waals surface area contributed by atoms with Crippen molar-refractivity contribution in [3.05, 3.63) is 64.7 Å². The van der Waals surface area contributed by atoms with Crippen molar-refractivity contribution < 1.29 is 4.74 Å². The minimum atomic E-state index is -0.151. The van der Waals surface area contributed by atoms with E-state index in [2.05, 4.69) is 39.0 Å². The fraction of sp³-hybridized carbons (Fsp3) is 0.333. The second kappa shape index (κ2) is 6.58. The first-order valence-electron chi connectivity index (χ1n) is 7.17. The number of para-hydroxylation sites is 1. The molecule has 2 aromatic rings. The number of aryl methyl sites for hydroxylation is 2. The molecule has 0 bridgehead atoms. The second-order valence-corrected chi connectivity index (χ2v) is 5.29. The fourth-order valence-electron chi connectivity index (χ4n) is 2.45. The lowest BCUT2D eigenvalue weighted by atomic mass is 9.96. The van der Waals surface area contributed by atoms with E-state index in [1.54, 1.807) is 0 Å². The Morgan fingerprint density at radius 1 is 1.05 bits per heavy atom. The van der Waals surface area contributed by atoms with Crippen LogP contribution >= 0.6 is 0 Å². The number of hydrogen-bond donors (Lipinski definition) is 1. The van der Waals surface area contributed by atoms with Gasteiger partial charge in [-0.3, -0.25) is 0 Å². The number of rotatable bonds is 5. The van der Waals surface area contributed by atoms with Gasteiger partial charge in [-0.1, -0.05) is 54.4 Å². The van der Waals surface area contributed by atoms with Crippen LogP contribution in [0.3, 0.4) is 0 Å². The van der Waals surface area contributed by atoms with Crippen molar-refractivity contribution >= 4 is 0 Å². The lowest BCUT2D eigenvalue weighted by molar-refractivity contribution is 0.313. The van der Waals surface area contributed by atoms with E-state index in [0.717, 1.165) is 29.9 Å². The Kier molecular flexibility index (Phi) is 4.80. The molecule has 0 radical (unpaired) electrons. The number of hydrogen-bond acceptors (Lipinski definition) is 2. The highest BCUT2D eigenvalue weighted by molar-refractivity contribution is 5.43. The topological polar surface area (TPSA) is 35.2 Å². The van der Waals surface area contributed by atoms with Crippen LogP contribution in [0.15, 0.2) is 42.5 Å². The van der Waals surface area contributed by atoms with Crippen molar-refractivity contribution in [2.45, 2.75) is 33.2 Å². The molecule has 106 valence electrons. The van der Waals surface area contributed by atoms with Crippen LogP contribution in [0.1, 0.15) is 41.6 Å². The third-order valence-corrected chi connectivity index (χ3v) is 3.32. The summed E-state index contributed by atoms with van der Waals surface area (Å²) in [4.78, 5) is 0. The van der Waals surface area contributed by atoms with E-state index in [-0.39, 0.29) is 6.04 Å². The van der Waals surface area contributed by atoms with Crippen LogP contribution in [0.5, 0.6) is 5.75 Å². The highest BCUT2D eigenvalue weighted by atomic mass is 16.5. The molecule has 0 aliphatic carbocycles. The summed E-state index contributed by atoms with van der Waals surface area (Å²) in [6.45, 7) is 7.02. The van der Waals surface area contributed by atoms with Crippen LogP contribution in [-0.2, 0) is 0 Å². The molecule has 0 heterocycles. The average Bonchev–Trinajstić information content (AvgIpc) is 2.43. The Bertz CT molecular complexity index is 557. The van der Waals surface area contributed by atoms with E-state index in [9.17, 15) is 0 Å². The maximum atomic E-state index is 6.45. The molecule has 2 aromatic carbocycles. The van der Waals surface area contributed by atoms with Crippen molar-refractivity contribution in [1.82, 2.24) is 0 Å². The number of ether oxygens (including phenoxy) is 1. The molecule has 0 amide bonds. The molecule has 0 saturated heterocycles. The molecule has 2 nitrogen and oxygen atoms in total. The van der Waals surface area contributed by atoms with Gasteiger partial charge in [0.15, 0.2) is 0 Å². The summed E-state index contributed by atoms with van der Waals surface area (Å²) in [6.07, 6.45) is 0.993. The number of benzene rings is 2. The van der Waals surface area contributed by atoms with Crippen LogP contribution in [0.25, 0.3) is 0 Å². The van der Waals surface area contributed by atoms with Gasteiger partial charge in [0.1, 0.15) is 5.75 Å². The predicted octanol–water partition coefficient (Wildman–Crippen LogP) is 4.14. The van der Waals surface area contributed by atoms with Gasteiger partial charge in [-0.15, -0.1) is 0 Å². The van der Waals surface area contributed by atoms with Gasteiger partial charge in [0.25, 0.3) is 0 Å². The molecule has 2 N–H and O–H groups in total. The highest BCUT2D eigenvalue weighted by Gasteiger charge is 2.14. The van der Waals surface area contributed by atoms with Gasteiger partial charge in [0, 0.05) is 5.56 Å². The van der Waals surface area contributed by atoms with E-state index in [0.29, 0.717) is 0 Å². The van der Waals surface area contributed by atoms with Crippen LogP contribution < -0.4 is 10.5 Å². The molecule has 0 aliphatic rings. The second-order valence-electron chi connectivity index (χ2n) is 5.29. The molecule has 2 heteroatoms. The van der Waals surface area contributed by atoms with Gasteiger partial charge < -0.3 is 10.5 Å². The molecule has 0 fully saturated rings. The van der Waals surface area contributed by atoms with E-state index >= 15 is 0 Å². The summed E-state index contributed by atoms with van der Waals surface area (Å²) in [7, 11) is 0. The molecule has 0 spiro atoms. The zero-order chi connectivity index (χ0) is 14.5. The summed E-state index contributed by atoms with van der Waals surface area (Å²) >= 11 is 0. The first kappa shape index (κ1) is 14.6. The molecule has 0 saturated carbocycles. The van der Waals surface area contributed by atoms with Crippen LogP contribution in [-0.4, -0.2) is 6.61 Å². The Balaban J connectivity index is 2.34. The van der Waals surface area contributed by atoms with Crippen molar-refractivity contribution in [2.75, 3.05) is 6.61 Å². The van der Waals surface area contributed by atoms with Gasteiger partial charge in [0.2, 0.25) is 0 Å². The van der Waals surface area contributed by atoms with Gasteiger partial charge in [0.05, 0.1) is 12.6 Å². The molecule has 1 atom stereocenters. The van der Waals surface area contributed by atoms with Crippen LogP contribution in [0, 0.1) is 13.8 Å². The summed E-state index contributed by atoms with van der Waals surface area (Å²) in [5, 5.41) is 0. The quantitative estimate of drug-likeness (QED) is 0.885. The Morgan fingerprint density at radius 2 is 1.70 bits per heavy atom. The largest absolute Gasteiger partial charge is 0.493 e. The normalized spacial score (nSPS) is 12.2. The standard InChI is InChI=1S/C18H23NO/c1-4-9-20-17-8-6-5-7-16(17)18(19)15-11-13(2)10-14(3)12-15/h5-8,10-12,18H,4,9,19H2,1-3H3. The summed E-state index contributed by atoms with van der Waals surface area (Å²) in [6, 6.07) is 14.3.